The third-order valence-corrected chi connectivity index (χ3v) is 4.51. The molecule has 0 saturated heterocycles. The van der Waals surface area contributed by atoms with Gasteiger partial charge in [-0.1, -0.05) is 23.9 Å². The number of primary amides is 1. The number of nitrogens with zero attached hydrogens (tertiary/aromatic N) is 3. The number of aromatic nitrogens is 3. The van der Waals surface area contributed by atoms with Gasteiger partial charge in [-0.05, 0) is 19.1 Å². The summed E-state index contributed by atoms with van der Waals surface area (Å²) in [5, 5.41) is 10.6. The molecule has 0 aliphatic carbocycles. The number of aryl methyl sites for hydroxylation is 1. The first-order valence-electron chi connectivity index (χ1n) is 8.01. The van der Waals surface area contributed by atoms with Crippen LogP contribution in [-0.2, 0) is 28.7 Å². The quantitative estimate of drug-likeness (QED) is 0.662. The Hall–Kier alpha value is -2.56. The summed E-state index contributed by atoms with van der Waals surface area (Å²) < 4.78 is 40.6. The van der Waals surface area contributed by atoms with Gasteiger partial charge in [-0.15, -0.1) is 10.2 Å². The van der Waals surface area contributed by atoms with E-state index >= 15 is 0 Å². The summed E-state index contributed by atoms with van der Waals surface area (Å²) in [4.78, 5) is 23.0. The van der Waals surface area contributed by atoms with Crippen molar-refractivity contribution in [2.75, 3.05) is 11.1 Å². The summed E-state index contributed by atoms with van der Waals surface area (Å²) in [5.41, 5.74) is 3.91. The van der Waals surface area contributed by atoms with Gasteiger partial charge in [0.25, 0.3) is 0 Å². The van der Waals surface area contributed by atoms with Crippen LogP contribution in [0.4, 0.5) is 18.9 Å². The number of carbonyl (C=O) groups is 2. The molecule has 2 amide bonds. The van der Waals surface area contributed by atoms with Gasteiger partial charge < -0.3 is 15.6 Å². The number of para-hydroxylation sites is 1. The number of anilines is 1. The fourth-order valence-electron chi connectivity index (χ4n) is 2.32. The monoisotopic (exact) mass is 401 g/mol. The molecule has 0 fully saturated rings. The number of halogens is 3. The van der Waals surface area contributed by atoms with Crippen LogP contribution in [0.3, 0.4) is 0 Å². The predicted octanol–water partition coefficient (Wildman–Crippen LogP) is 2.47. The second kappa shape index (κ2) is 8.89. The molecule has 1 heterocycles. The van der Waals surface area contributed by atoms with E-state index in [1.807, 2.05) is 6.92 Å². The topological polar surface area (TPSA) is 103 Å². The van der Waals surface area contributed by atoms with Crippen LogP contribution in [0.25, 0.3) is 0 Å². The number of nitrogens with two attached hydrogens (primary N) is 1. The molecule has 27 heavy (non-hydrogen) atoms. The van der Waals surface area contributed by atoms with Gasteiger partial charge in [0, 0.05) is 19.4 Å². The van der Waals surface area contributed by atoms with Crippen molar-refractivity contribution in [2.45, 2.75) is 37.6 Å². The van der Waals surface area contributed by atoms with Crippen molar-refractivity contribution in [3.8, 4) is 0 Å². The molecule has 0 unspecified atom stereocenters. The molecule has 0 atom stereocenters. The van der Waals surface area contributed by atoms with E-state index < -0.39 is 23.6 Å². The van der Waals surface area contributed by atoms with E-state index in [1.54, 1.807) is 4.57 Å². The number of thioether (sulfide) groups is 1. The fraction of sp³-hybridized carbons (Fsp3) is 0.375. The maximum Gasteiger partial charge on any atom is 0.418 e. The molecule has 0 bridgehead atoms. The highest BCUT2D eigenvalue weighted by Gasteiger charge is 2.33. The average Bonchev–Trinajstić information content (AvgIpc) is 2.99. The molecule has 11 heteroatoms. The minimum Gasteiger partial charge on any atom is -0.370 e. The van der Waals surface area contributed by atoms with Crippen LogP contribution in [0, 0.1) is 0 Å². The highest BCUT2D eigenvalue weighted by molar-refractivity contribution is 7.99. The van der Waals surface area contributed by atoms with Gasteiger partial charge in [0.1, 0.15) is 5.82 Å². The first-order chi connectivity index (χ1) is 12.7. The molecular formula is C16H18F3N5O2S. The summed E-state index contributed by atoms with van der Waals surface area (Å²) in [6.45, 7) is 2.36. The molecule has 146 valence electrons. The van der Waals surface area contributed by atoms with E-state index in [0.717, 1.165) is 17.8 Å². The molecule has 1 aromatic carbocycles. The second-order valence-electron chi connectivity index (χ2n) is 5.49. The first kappa shape index (κ1) is 20.7. The predicted molar refractivity (Wildman–Crippen MR) is 94.0 cm³/mol. The molecule has 1 aromatic heterocycles. The van der Waals surface area contributed by atoms with Crippen molar-refractivity contribution in [3.05, 3.63) is 35.7 Å². The molecule has 7 nitrogen and oxygen atoms in total. The molecule has 0 aliphatic rings. The van der Waals surface area contributed by atoms with E-state index in [2.05, 4.69) is 15.5 Å². The number of carbonyl (C=O) groups excluding carboxylic acids is 2. The van der Waals surface area contributed by atoms with E-state index in [4.69, 9.17) is 5.73 Å². The van der Waals surface area contributed by atoms with Crippen LogP contribution in [0.5, 0.6) is 0 Å². The van der Waals surface area contributed by atoms with Crippen LogP contribution in [0.1, 0.15) is 24.7 Å². The molecule has 0 spiro atoms. The Morgan fingerprint density at radius 2 is 1.96 bits per heavy atom. The maximum atomic E-state index is 13.0. The molecule has 0 saturated carbocycles. The van der Waals surface area contributed by atoms with Crippen LogP contribution in [0.2, 0.25) is 0 Å². The zero-order valence-corrected chi connectivity index (χ0v) is 15.2. The second-order valence-corrected chi connectivity index (χ2v) is 6.43. The van der Waals surface area contributed by atoms with E-state index in [1.165, 1.54) is 18.2 Å². The van der Waals surface area contributed by atoms with Crippen molar-refractivity contribution < 1.29 is 22.8 Å². The van der Waals surface area contributed by atoms with Gasteiger partial charge in [0.15, 0.2) is 5.16 Å². The Kier molecular flexibility index (Phi) is 6.83. The van der Waals surface area contributed by atoms with E-state index in [9.17, 15) is 22.8 Å². The number of benzene rings is 1. The molecular weight excluding hydrogens is 383 g/mol. The average molecular weight is 401 g/mol. The summed E-state index contributed by atoms with van der Waals surface area (Å²) >= 11 is 1.05. The number of rotatable bonds is 8. The molecule has 2 aromatic rings. The SMILES string of the molecule is CCn1c(CCC(N)=O)nnc1SCC(=O)Nc1ccccc1C(F)(F)F. The number of nitrogens with one attached hydrogen (secondary N) is 1. The van der Waals surface area contributed by atoms with Crippen molar-refractivity contribution >= 4 is 29.3 Å². The lowest BCUT2D eigenvalue weighted by molar-refractivity contribution is -0.137. The number of amides is 2. The lowest BCUT2D eigenvalue weighted by Gasteiger charge is -2.13. The van der Waals surface area contributed by atoms with Crippen molar-refractivity contribution in [2.24, 2.45) is 5.73 Å². The number of hydrogen-bond acceptors (Lipinski definition) is 5. The van der Waals surface area contributed by atoms with Crippen LogP contribution < -0.4 is 11.1 Å². The summed E-state index contributed by atoms with van der Waals surface area (Å²) in [7, 11) is 0. The highest BCUT2D eigenvalue weighted by Crippen LogP contribution is 2.34. The Balaban J connectivity index is 2.02. The largest absolute Gasteiger partial charge is 0.418 e. The highest BCUT2D eigenvalue weighted by atomic mass is 32.2. The smallest absolute Gasteiger partial charge is 0.370 e. The lowest BCUT2D eigenvalue weighted by Crippen LogP contribution is -2.18. The Labute approximate surface area is 157 Å². The third kappa shape index (κ3) is 5.71. The zero-order valence-electron chi connectivity index (χ0n) is 14.4. The lowest BCUT2D eigenvalue weighted by atomic mass is 10.1. The van der Waals surface area contributed by atoms with Crippen LogP contribution in [-0.4, -0.2) is 32.3 Å². The van der Waals surface area contributed by atoms with Crippen LogP contribution in [0.15, 0.2) is 29.4 Å². The summed E-state index contributed by atoms with van der Waals surface area (Å²) in [5.74, 6) is -0.639. The van der Waals surface area contributed by atoms with Gasteiger partial charge in [0.2, 0.25) is 11.8 Å². The third-order valence-electron chi connectivity index (χ3n) is 3.54. The molecule has 0 radical (unpaired) electrons. The summed E-state index contributed by atoms with van der Waals surface area (Å²) in [6.07, 6.45) is -4.12. The van der Waals surface area contributed by atoms with Crippen molar-refractivity contribution in [3.63, 3.8) is 0 Å². The number of hydrogen-bond donors (Lipinski definition) is 2. The van der Waals surface area contributed by atoms with Gasteiger partial charge in [-0.25, -0.2) is 0 Å². The van der Waals surface area contributed by atoms with E-state index in [-0.39, 0.29) is 17.9 Å². The van der Waals surface area contributed by atoms with Crippen LogP contribution >= 0.6 is 11.8 Å². The Bertz CT molecular complexity index is 823. The summed E-state index contributed by atoms with van der Waals surface area (Å²) in [6, 6.07) is 4.77. The van der Waals surface area contributed by atoms with Crippen molar-refractivity contribution in [1.82, 2.24) is 14.8 Å². The normalized spacial score (nSPS) is 11.4. The molecule has 2 rings (SSSR count). The molecule has 0 aliphatic heterocycles. The van der Waals surface area contributed by atoms with Crippen molar-refractivity contribution in [1.29, 1.82) is 0 Å². The fourth-order valence-corrected chi connectivity index (χ4v) is 3.14. The standard InChI is InChI=1S/C16H18F3N5O2S/c1-2-24-13(8-7-12(20)25)22-23-15(24)27-9-14(26)21-11-6-4-3-5-10(11)16(17,18)19/h3-6H,2,7-9H2,1H3,(H2,20,25)(H,21,26). The molecule has 3 N–H and O–H groups in total. The minimum atomic E-state index is -4.56. The zero-order chi connectivity index (χ0) is 20.0. The van der Waals surface area contributed by atoms with Gasteiger partial charge in [0.05, 0.1) is 17.0 Å². The van der Waals surface area contributed by atoms with Gasteiger partial charge in [-0.3, -0.25) is 9.59 Å². The van der Waals surface area contributed by atoms with E-state index in [0.29, 0.717) is 23.9 Å². The number of alkyl halides is 3. The Morgan fingerprint density at radius 1 is 1.26 bits per heavy atom. The minimum absolute atomic E-state index is 0.123. The van der Waals surface area contributed by atoms with Gasteiger partial charge >= 0.3 is 6.18 Å². The van der Waals surface area contributed by atoms with Gasteiger partial charge in [-0.2, -0.15) is 13.2 Å². The Morgan fingerprint density at radius 3 is 2.59 bits per heavy atom. The first-order valence-corrected chi connectivity index (χ1v) is 9.00. The maximum absolute atomic E-state index is 13.0.